The smallest absolute Gasteiger partial charge is 1.00 e. The first-order valence-electron chi connectivity index (χ1n) is 8.93. The third kappa shape index (κ3) is 5.14. The van der Waals surface area contributed by atoms with Gasteiger partial charge in [-0.3, -0.25) is 0 Å². The molecule has 0 aliphatic heterocycles. The molecule has 0 aliphatic carbocycles. The summed E-state index contributed by atoms with van der Waals surface area (Å²) >= 11 is 0. The van der Waals surface area contributed by atoms with Crippen LogP contribution in [0.4, 0.5) is 17.1 Å². The average molecular weight is 449 g/mol. The molecular formula is C19H20N7NaO3S. The van der Waals surface area contributed by atoms with E-state index in [1.165, 1.54) is 6.07 Å². The third-order valence-corrected chi connectivity index (χ3v) is 5.47. The summed E-state index contributed by atoms with van der Waals surface area (Å²) in [4.78, 5) is 1.69. The molecule has 4 aromatic rings. The van der Waals surface area contributed by atoms with Crippen LogP contribution >= 0.6 is 0 Å². The van der Waals surface area contributed by atoms with E-state index < -0.39 is 10.0 Å². The molecular weight excluding hydrogens is 429 g/mol. The quantitative estimate of drug-likeness (QED) is 0.324. The Morgan fingerprint density at radius 3 is 2.58 bits per heavy atom. The van der Waals surface area contributed by atoms with Crippen LogP contribution < -0.4 is 44.9 Å². The Morgan fingerprint density at radius 1 is 1.19 bits per heavy atom. The third-order valence-electron chi connectivity index (χ3n) is 4.53. The molecule has 0 radical (unpaired) electrons. The van der Waals surface area contributed by atoms with Crippen molar-refractivity contribution in [3.05, 3.63) is 66.6 Å². The number of hydrogen-bond acceptors (Lipinski definition) is 8. The van der Waals surface area contributed by atoms with E-state index >= 15 is 0 Å². The summed E-state index contributed by atoms with van der Waals surface area (Å²) in [5.74, 6) is 0.943. The molecule has 0 saturated heterocycles. The predicted molar refractivity (Wildman–Crippen MR) is 113 cm³/mol. The van der Waals surface area contributed by atoms with Gasteiger partial charge in [-0.15, -0.1) is 10.2 Å². The van der Waals surface area contributed by atoms with Gasteiger partial charge in [-0.2, -0.15) is 5.21 Å². The van der Waals surface area contributed by atoms with Gasteiger partial charge in [0.25, 0.3) is 0 Å². The molecule has 0 saturated carbocycles. The summed E-state index contributed by atoms with van der Waals surface area (Å²) in [6, 6.07) is 16.1. The van der Waals surface area contributed by atoms with Crippen molar-refractivity contribution in [1.82, 2.24) is 20.6 Å². The molecule has 0 aliphatic rings. The molecule has 2 aromatic heterocycles. The van der Waals surface area contributed by atoms with Gasteiger partial charge in [-0.05, 0) is 41.6 Å². The summed E-state index contributed by atoms with van der Waals surface area (Å²) in [7, 11) is -2.28. The van der Waals surface area contributed by atoms with Gasteiger partial charge in [0.15, 0.2) is 0 Å². The molecule has 0 spiro atoms. The number of benzene rings is 2. The number of rotatable bonds is 7. The van der Waals surface area contributed by atoms with Crippen molar-refractivity contribution in [2.45, 2.75) is 11.4 Å². The van der Waals surface area contributed by atoms with Crippen LogP contribution in [0.3, 0.4) is 0 Å². The van der Waals surface area contributed by atoms with Gasteiger partial charge < -0.3 is 16.1 Å². The van der Waals surface area contributed by atoms with Crippen molar-refractivity contribution >= 4 is 27.1 Å². The van der Waals surface area contributed by atoms with Crippen LogP contribution in [-0.4, -0.2) is 36.1 Å². The fourth-order valence-electron chi connectivity index (χ4n) is 3.05. The summed E-state index contributed by atoms with van der Waals surface area (Å²) in [6.45, 7) is 0.376. The number of tetrazole rings is 1. The average Bonchev–Trinajstić information content (AvgIpc) is 3.45. The maximum Gasteiger partial charge on any atom is 1.00 e. The number of sulfonamides is 1. The number of anilines is 3. The topological polar surface area (TPSA) is 143 Å². The molecule has 2 heterocycles. The number of nitrogens with zero attached hydrogens (tertiary/aromatic N) is 4. The number of aromatic amines is 1. The molecule has 4 rings (SSSR count). The summed E-state index contributed by atoms with van der Waals surface area (Å²) in [6.07, 6.45) is 1.58. The van der Waals surface area contributed by atoms with E-state index in [0.29, 0.717) is 29.2 Å². The summed E-state index contributed by atoms with van der Waals surface area (Å²) in [5, 5.41) is 22.7. The first kappa shape index (κ1) is 23.0. The van der Waals surface area contributed by atoms with Crippen molar-refractivity contribution in [3.8, 4) is 11.4 Å². The Morgan fingerprint density at radius 2 is 1.97 bits per heavy atom. The zero-order valence-electron chi connectivity index (χ0n) is 18.0. The number of furan rings is 1. The Bertz CT molecular complexity index is 1240. The number of primary sulfonamides is 1. The SMILES string of the molecule is CN(c1ccccc1)c1cc(NCc2ccco2)c(-c2nn[nH]n2)cc1S(N)(=O)=O.[H-].[Na+]. The van der Waals surface area contributed by atoms with Gasteiger partial charge in [0, 0.05) is 24.0 Å². The molecule has 0 amide bonds. The van der Waals surface area contributed by atoms with Gasteiger partial charge in [-0.25, -0.2) is 13.6 Å². The Balaban J connectivity index is 0.00000181. The van der Waals surface area contributed by atoms with E-state index in [9.17, 15) is 8.42 Å². The van der Waals surface area contributed by atoms with Crippen LogP contribution in [0, 0.1) is 0 Å². The van der Waals surface area contributed by atoms with Crippen molar-refractivity contribution in [2.75, 3.05) is 17.3 Å². The molecule has 31 heavy (non-hydrogen) atoms. The predicted octanol–water partition coefficient (Wildman–Crippen LogP) is -0.396. The zero-order valence-corrected chi connectivity index (χ0v) is 19.8. The monoisotopic (exact) mass is 449 g/mol. The first-order valence-corrected chi connectivity index (χ1v) is 10.5. The Kier molecular flexibility index (Phi) is 7.13. The van der Waals surface area contributed by atoms with E-state index in [1.807, 2.05) is 36.4 Å². The number of para-hydroxylation sites is 1. The maximum absolute atomic E-state index is 12.4. The minimum Gasteiger partial charge on any atom is -1.00 e. The second-order valence-corrected chi connectivity index (χ2v) is 8.00. The van der Waals surface area contributed by atoms with E-state index in [1.54, 1.807) is 30.3 Å². The van der Waals surface area contributed by atoms with Crippen LogP contribution in [0.1, 0.15) is 7.19 Å². The van der Waals surface area contributed by atoms with Crippen molar-refractivity contribution in [2.24, 2.45) is 5.14 Å². The first-order chi connectivity index (χ1) is 14.4. The van der Waals surface area contributed by atoms with Gasteiger partial charge in [0.1, 0.15) is 10.7 Å². The molecule has 4 N–H and O–H groups in total. The fraction of sp³-hybridized carbons (Fsp3) is 0.105. The Hall–Kier alpha value is -2.70. The van der Waals surface area contributed by atoms with Crippen molar-refractivity contribution in [1.29, 1.82) is 0 Å². The van der Waals surface area contributed by atoms with Gasteiger partial charge >= 0.3 is 29.6 Å². The fourth-order valence-corrected chi connectivity index (χ4v) is 3.82. The standard InChI is InChI=1S/C19H19N7O3S.Na.H/c1-26(13-6-3-2-4-7-13)17-11-16(21-12-14-8-5-9-29-14)15(19-22-24-25-23-19)10-18(17)30(20,27)28;;/h2-11,21H,12H2,1H3,(H2,20,27,28)(H,22,23,24,25);;/q;+1;-1. The molecule has 10 nitrogen and oxygen atoms in total. The number of nitrogens with one attached hydrogen (secondary N) is 2. The molecule has 0 bridgehead atoms. The minimum absolute atomic E-state index is 0. The van der Waals surface area contributed by atoms with Crippen LogP contribution in [0.25, 0.3) is 11.4 Å². The van der Waals surface area contributed by atoms with Crippen LogP contribution in [0.15, 0.2) is 70.2 Å². The second-order valence-electron chi connectivity index (χ2n) is 6.47. The van der Waals surface area contributed by atoms with Gasteiger partial charge in [0.05, 0.1) is 18.5 Å². The maximum atomic E-state index is 12.4. The van der Waals surface area contributed by atoms with Crippen LogP contribution in [0.5, 0.6) is 0 Å². The molecule has 0 atom stereocenters. The molecule has 2 aromatic carbocycles. The van der Waals surface area contributed by atoms with E-state index in [4.69, 9.17) is 9.56 Å². The van der Waals surface area contributed by atoms with Crippen molar-refractivity contribution in [3.63, 3.8) is 0 Å². The van der Waals surface area contributed by atoms with Crippen LogP contribution in [-0.2, 0) is 16.6 Å². The zero-order chi connectivity index (χ0) is 21.1. The number of nitrogens with two attached hydrogens (primary N) is 1. The molecule has 12 heteroatoms. The molecule has 0 unspecified atom stereocenters. The number of aromatic nitrogens is 4. The normalized spacial score (nSPS) is 11.0. The number of H-pyrrole nitrogens is 1. The second kappa shape index (κ2) is 9.62. The van der Waals surface area contributed by atoms with Crippen LogP contribution in [0.2, 0.25) is 0 Å². The Labute approximate surface area is 202 Å². The molecule has 156 valence electrons. The van der Waals surface area contributed by atoms with E-state index in [2.05, 4.69) is 25.9 Å². The van der Waals surface area contributed by atoms with E-state index in [-0.39, 0.29) is 41.7 Å². The van der Waals surface area contributed by atoms with E-state index in [0.717, 1.165) is 5.69 Å². The van der Waals surface area contributed by atoms with Gasteiger partial charge in [-0.1, -0.05) is 18.2 Å². The minimum atomic E-state index is -4.05. The van der Waals surface area contributed by atoms with Crippen molar-refractivity contribution < 1.29 is 43.8 Å². The largest absolute Gasteiger partial charge is 1.00 e. The summed E-state index contributed by atoms with van der Waals surface area (Å²) < 4.78 is 30.2. The number of hydrogen-bond donors (Lipinski definition) is 3. The summed E-state index contributed by atoms with van der Waals surface area (Å²) in [5.41, 5.74) is 2.23. The molecule has 0 fully saturated rings. The van der Waals surface area contributed by atoms with Gasteiger partial charge in [0.2, 0.25) is 15.8 Å².